The summed E-state index contributed by atoms with van der Waals surface area (Å²) in [4.78, 5) is 22.8. The normalized spacial score (nSPS) is 12.6. The standard InChI is InChI=1S/C17H28N6O2/c1-11(2)14(15-18-8-10-22(15)5)20-17(24)23(6)9-7-13-19-16(12(3)4)25-21-13/h8,10-12,14H,7,9H2,1-6H3,(H,20,24)/t14-/m0/s1. The Labute approximate surface area is 148 Å². The largest absolute Gasteiger partial charge is 0.339 e. The van der Waals surface area contributed by atoms with Gasteiger partial charge in [0.2, 0.25) is 5.89 Å². The number of nitrogens with one attached hydrogen (secondary N) is 1. The fourth-order valence-corrected chi connectivity index (χ4v) is 2.42. The van der Waals surface area contributed by atoms with Gasteiger partial charge in [0.25, 0.3) is 0 Å². The van der Waals surface area contributed by atoms with Crippen molar-refractivity contribution in [3.63, 3.8) is 0 Å². The zero-order valence-electron chi connectivity index (χ0n) is 15.9. The number of aromatic nitrogens is 4. The van der Waals surface area contributed by atoms with Crippen molar-refractivity contribution >= 4 is 6.03 Å². The van der Waals surface area contributed by atoms with Gasteiger partial charge in [-0.2, -0.15) is 4.98 Å². The van der Waals surface area contributed by atoms with Gasteiger partial charge in [0.15, 0.2) is 5.82 Å². The summed E-state index contributed by atoms with van der Waals surface area (Å²) in [7, 11) is 3.69. The van der Waals surface area contributed by atoms with Crippen molar-refractivity contribution < 1.29 is 9.32 Å². The molecular weight excluding hydrogens is 320 g/mol. The van der Waals surface area contributed by atoms with Crippen LogP contribution in [0, 0.1) is 5.92 Å². The van der Waals surface area contributed by atoms with Crippen molar-refractivity contribution in [1.29, 1.82) is 0 Å². The summed E-state index contributed by atoms with van der Waals surface area (Å²) in [5.74, 6) is 2.51. The van der Waals surface area contributed by atoms with Gasteiger partial charge in [-0.25, -0.2) is 9.78 Å². The maximum absolute atomic E-state index is 12.5. The van der Waals surface area contributed by atoms with Crippen LogP contribution in [0.15, 0.2) is 16.9 Å². The van der Waals surface area contributed by atoms with E-state index in [0.29, 0.717) is 24.7 Å². The number of hydrogen-bond acceptors (Lipinski definition) is 5. The lowest BCUT2D eigenvalue weighted by Crippen LogP contribution is -2.42. The third-order valence-electron chi connectivity index (χ3n) is 4.08. The van der Waals surface area contributed by atoms with E-state index < -0.39 is 0 Å². The molecule has 2 heterocycles. The van der Waals surface area contributed by atoms with Crippen molar-refractivity contribution in [2.75, 3.05) is 13.6 Å². The molecule has 0 aliphatic carbocycles. The van der Waals surface area contributed by atoms with Crippen molar-refractivity contribution in [2.24, 2.45) is 13.0 Å². The van der Waals surface area contributed by atoms with Crippen molar-refractivity contribution in [3.8, 4) is 0 Å². The molecule has 2 rings (SSSR count). The first kappa shape index (κ1) is 19.0. The van der Waals surface area contributed by atoms with Crippen LogP contribution >= 0.6 is 0 Å². The Kier molecular flexibility index (Phi) is 6.17. The lowest BCUT2D eigenvalue weighted by molar-refractivity contribution is 0.199. The summed E-state index contributed by atoms with van der Waals surface area (Å²) < 4.78 is 7.11. The Morgan fingerprint density at radius 3 is 2.60 bits per heavy atom. The number of urea groups is 1. The van der Waals surface area contributed by atoms with Crippen LogP contribution in [0.3, 0.4) is 0 Å². The Morgan fingerprint density at radius 1 is 1.36 bits per heavy atom. The quantitative estimate of drug-likeness (QED) is 0.830. The lowest BCUT2D eigenvalue weighted by Gasteiger charge is -2.25. The fourth-order valence-electron chi connectivity index (χ4n) is 2.42. The Hall–Kier alpha value is -2.38. The number of hydrogen-bond donors (Lipinski definition) is 1. The predicted molar refractivity (Wildman–Crippen MR) is 94.0 cm³/mol. The van der Waals surface area contributed by atoms with E-state index in [9.17, 15) is 4.79 Å². The summed E-state index contributed by atoms with van der Waals surface area (Å²) in [6, 6.07) is -0.290. The Morgan fingerprint density at radius 2 is 2.08 bits per heavy atom. The minimum atomic E-state index is -0.146. The molecule has 0 unspecified atom stereocenters. The molecule has 0 bridgehead atoms. The summed E-state index contributed by atoms with van der Waals surface area (Å²) in [5.41, 5.74) is 0. The average Bonchev–Trinajstić information content (AvgIpc) is 3.18. The molecule has 8 heteroatoms. The molecule has 2 aromatic heterocycles. The second-order valence-electron chi connectivity index (χ2n) is 6.94. The van der Waals surface area contributed by atoms with Gasteiger partial charge >= 0.3 is 6.03 Å². The first-order valence-corrected chi connectivity index (χ1v) is 8.61. The number of likely N-dealkylation sites (N-methyl/N-ethyl adjacent to an activating group) is 1. The van der Waals surface area contributed by atoms with Crippen LogP contribution in [-0.4, -0.2) is 44.2 Å². The molecule has 0 aromatic carbocycles. The van der Waals surface area contributed by atoms with E-state index in [0.717, 1.165) is 5.82 Å². The fraction of sp³-hybridized carbons (Fsp3) is 0.647. The maximum Gasteiger partial charge on any atom is 0.317 e. The molecule has 2 amide bonds. The van der Waals surface area contributed by atoms with Gasteiger partial charge in [-0.1, -0.05) is 32.9 Å². The van der Waals surface area contributed by atoms with E-state index in [-0.39, 0.29) is 23.9 Å². The van der Waals surface area contributed by atoms with Crippen molar-refractivity contribution in [2.45, 2.75) is 46.1 Å². The summed E-state index contributed by atoms with van der Waals surface area (Å²) in [6.07, 6.45) is 4.17. The number of imidazole rings is 1. The number of rotatable bonds is 7. The molecule has 0 saturated heterocycles. The van der Waals surface area contributed by atoms with Crippen LogP contribution in [0.4, 0.5) is 4.79 Å². The van der Waals surface area contributed by atoms with Gasteiger partial charge in [-0.3, -0.25) is 0 Å². The van der Waals surface area contributed by atoms with Gasteiger partial charge in [-0.15, -0.1) is 0 Å². The van der Waals surface area contributed by atoms with Gasteiger partial charge in [0.1, 0.15) is 5.82 Å². The highest BCUT2D eigenvalue weighted by molar-refractivity contribution is 5.74. The number of carbonyl (C=O) groups is 1. The van der Waals surface area contributed by atoms with E-state index in [4.69, 9.17) is 4.52 Å². The molecule has 138 valence electrons. The van der Waals surface area contributed by atoms with Crippen LogP contribution in [0.25, 0.3) is 0 Å². The average molecular weight is 348 g/mol. The highest BCUT2D eigenvalue weighted by Crippen LogP contribution is 2.19. The molecule has 0 aliphatic rings. The van der Waals surface area contributed by atoms with Crippen LogP contribution in [0.5, 0.6) is 0 Å². The number of amides is 2. The van der Waals surface area contributed by atoms with Crippen LogP contribution in [0.2, 0.25) is 0 Å². The Balaban J connectivity index is 1.93. The van der Waals surface area contributed by atoms with E-state index in [2.05, 4.69) is 34.3 Å². The first-order valence-electron chi connectivity index (χ1n) is 8.61. The van der Waals surface area contributed by atoms with Crippen LogP contribution in [0.1, 0.15) is 57.2 Å². The van der Waals surface area contributed by atoms with E-state index in [1.165, 1.54) is 0 Å². The second kappa shape index (κ2) is 8.13. The number of carbonyl (C=O) groups excluding carboxylic acids is 1. The SMILES string of the molecule is CC(C)c1nc(CCN(C)C(=O)N[C@H](c2nccn2C)C(C)C)no1. The molecule has 2 aromatic rings. The van der Waals surface area contributed by atoms with E-state index in [1.807, 2.05) is 31.7 Å². The zero-order chi connectivity index (χ0) is 18.6. The highest BCUT2D eigenvalue weighted by atomic mass is 16.5. The van der Waals surface area contributed by atoms with Crippen molar-refractivity contribution in [1.82, 2.24) is 29.9 Å². The zero-order valence-corrected chi connectivity index (χ0v) is 15.9. The minimum absolute atomic E-state index is 0.144. The molecular formula is C17H28N6O2. The topological polar surface area (TPSA) is 89.1 Å². The molecule has 0 radical (unpaired) electrons. The summed E-state index contributed by atoms with van der Waals surface area (Å²) in [6.45, 7) is 8.63. The maximum atomic E-state index is 12.5. The lowest BCUT2D eigenvalue weighted by atomic mass is 10.0. The molecule has 1 atom stereocenters. The molecule has 8 nitrogen and oxygen atoms in total. The minimum Gasteiger partial charge on any atom is -0.339 e. The molecule has 1 N–H and O–H groups in total. The monoisotopic (exact) mass is 348 g/mol. The van der Waals surface area contributed by atoms with Crippen molar-refractivity contribution in [3.05, 3.63) is 29.9 Å². The summed E-state index contributed by atoms with van der Waals surface area (Å²) in [5, 5.41) is 7.01. The van der Waals surface area contributed by atoms with Gasteiger partial charge in [-0.05, 0) is 5.92 Å². The molecule has 0 fully saturated rings. The van der Waals surface area contributed by atoms with E-state index in [1.54, 1.807) is 18.1 Å². The molecule has 0 spiro atoms. The van der Waals surface area contributed by atoms with E-state index >= 15 is 0 Å². The van der Waals surface area contributed by atoms with Gasteiger partial charge in [0, 0.05) is 45.4 Å². The van der Waals surface area contributed by atoms with Crippen LogP contribution < -0.4 is 5.32 Å². The third kappa shape index (κ3) is 4.80. The third-order valence-corrected chi connectivity index (χ3v) is 4.08. The van der Waals surface area contributed by atoms with Crippen LogP contribution in [-0.2, 0) is 13.5 Å². The smallest absolute Gasteiger partial charge is 0.317 e. The highest BCUT2D eigenvalue weighted by Gasteiger charge is 2.23. The molecule has 25 heavy (non-hydrogen) atoms. The Bertz CT molecular complexity index is 691. The molecule has 0 aliphatic heterocycles. The summed E-state index contributed by atoms with van der Waals surface area (Å²) >= 11 is 0. The van der Waals surface area contributed by atoms with Gasteiger partial charge in [0.05, 0.1) is 6.04 Å². The number of aryl methyl sites for hydroxylation is 1. The molecule has 0 saturated carbocycles. The van der Waals surface area contributed by atoms with Gasteiger partial charge < -0.3 is 19.3 Å². The number of nitrogens with zero attached hydrogens (tertiary/aromatic N) is 5. The first-order chi connectivity index (χ1) is 11.8. The predicted octanol–water partition coefficient (Wildman–Crippen LogP) is 2.51. The second-order valence-corrected chi connectivity index (χ2v) is 6.94.